The molecule has 0 saturated carbocycles. The lowest BCUT2D eigenvalue weighted by molar-refractivity contribution is 0.148. The maximum absolute atomic E-state index is 12.7. The van der Waals surface area contributed by atoms with Crippen LogP contribution in [0.25, 0.3) is 16.3 Å². The van der Waals surface area contributed by atoms with Crippen molar-refractivity contribution in [2.45, 2.75) is 31.3 Å². The Morgan fingerprint density at radius 3 is 2.65 bits per heavy atom. The van der Waals surface area contributed by atoms with Gasteiger partial charge >= 0.3 is 0 Å². The SMILES string of the molecule is Cc1cccc(S(=O)(=O)NCc2ccc(-n3ncc4c3-c3ccc(CN5CCN(C)CC5)cc3C4)s2)c1. The molecule has 37 heavy (non-hydrogen) atoms. The van der Waals surface area contributed by atoms with Gasteiger partial charge in [-0.3, -0.25) is 4.90 Å². The predicted molar refractivity (Wildman–Crippen MR) is 148 cm³/mol. The molecule has 7 nitrogen and oxygen atoms in total. The van der Waals surface area contributed by atoms with E-state index in [4.69, 9.17) is 0 Å². The van der Waals surface area contributed by atoms with Gasteiger partial charge in [-0.1, -0.05) is 30.3 Å². The number of likely N-dealkylation sites (N-methyl/N-ethyl adjacent to an activating group) is 1. The van der Waals surface area contributed by atoms with Crippen LogP contribution in [0.2, 0.25) is 0 Å². The molecule has 6 rings (SSSR count). The lowest BCUT2D eigenvalue weighted by atomic mass is 10.0. The maximum Gasteiger partial charge on any atom is 0.240 e. The Kier molecular flexibility index (Phi) is 6.50. The third kappa shape index (κ3) is 5.02. The van der Waals surface area contributed by atoms with Crippen LogP contribution in [-0.4, -0.2) is 61.2 Å². The molecule has 0 bridgehead atoms. The molecule has 4 aromatic rings. The molecule has 9 heteroatoms. The van der Waals surface area contributed by atoms with Crippen LogP contribution in [0.5, 0.6) is 0 Å². The summed E-state index contributed by atoms with van der Waals surface area (Å²) in [7, 11) is -1.38. The fraction of sp³-hybridized carbons (Fsp3) is 0.321. The van der Waals surface area contributed by atoms with E-state index in [9.17, 15) is 8.42 Å². The lowest BCUT2D eigenvalue weighted by Crippen LogP contribution is -2.43. The van der Waals surface area contributed by atoms with Crippen LogP contribution in [0.1, 0.15) is 27.1 Å². The number of benzene rings is 2. The lowest BCUT2D eigenvalue weighted by Gasteiger charge is -2.32. The van der Waals surface area contributed by atoms with Gasteiger partial charge in [0, 0.05) is 61.7 Å². The van der Waals surface area contributed by atoms with E-state index in [1.807, 2.05) is 36.0 Å². The van der Waals surface area contributed by atoms with Crippen molar-refractivity contribution in [2.24, 2.45) is 0 Å². The number of nitrogens with one attached hydrogen (secondary N) is 1. The topological polar surface area (TPSA) is 70.5 Å². The number of hydrogen-bond donors (Lipinski definition) is 1. The van der Waals surface area contributed by atoms with E-state index in [-0.39, 0.29) is 11.4 Å². The van der Waals surface area contributed by atoms with E-state index in [1.165, 1.54) is 22.3 Å². The van der Waals surface area contributed by atoms with E-state index in [2.05, 4.69) is 44.9 Å². The summed E-state index contributed by atoms with van der Waals surface area (Å²) in [6.45, 7) is 7.62. The van der Waals surface area contributed by atoms with Gasteiger partial charge in [0.05, 0.1) is 16.8 Å². The monoisotopic (exact) mass is 533 g/mol. The predicted octanol–water partition coefficient (Wildman–Crippen LogP) is 4.04. The first-order valence-electron chi connectivity index (χ1n) is 12.6. The zero-order valence-electron chi connectivity index (χ0n) is 21.1. The second-order valence-corrected chi connectivity index (χ2v) is 13.0. The standard InChI is InChI=1S/C28H31N5O2S2/c1-20-4-3-5-25(14-20)37(34,35)30-18-24-7-9-27(36-24)33-28-23(17-29-33)16-22-15-21(6-8-26(22)28)19-32-12-10-31(2)11-13-32/h3-9,14-15,17,30H,10-13,16,18-19H2,1-2H3. The van der Waals surface area contributed by atoms with Gasteiger partial charge in [-0.2, -0.15) is 5.10 Å². The molecule has 2 aliphatic rings. The molecular weight excluding hydrogens is 502 g/mol. The van der Waals surface area contributed by atoms with E-state index in [0.717, 1.165) is 60.3 Å². The van der Waals surface area contributed by atoms with Gasteiger partial charge in [0.1, 0.15) is 5.00 Å². The van der Waals surface area contributed by atoms with Crippen molar-refractivity contribution in [1.29, 1.82) is 0 Å². The number of aromatic nitrogens is 2. The summed E-state index contributed by atoms with van der Waals surface area (Å²) in [6.07, 6.45) is 2.87. The van der Waals surface area contributed by atoms with Crippen molar-refractivity contribution in [3.63, 3.8) is 0 Å². The van der Waals surface area contributed by atoms with Crippen molar-refractivity contribution in [2.75, 3.05) is 33.2 Å². The molecule has 1 aliphatic heterocycles. The summed E-state index contributed by atoms with van der Waals surface area (Å²) >= 11 is 1.56. The van der Waals surface area contributed by atoms with Gasteiger partial charge in [-0.25, -0.2) is 17.8 Å². The smallest absolute Gasteiger partial charge is 0.240 e. The van der Waals surface area contributed by atoms with Crippen LogP contribution >= 0.6 is 11.3 Å². The highest BCUT2D eigenvalue weighted by Crippen LogP contribution is 2.39. The van der Waals surface area contributed by atoms with Gasteiger partial charge in [0.15, 0.2) is 0 Å². The number of nitrogens with zero attached hydrogens (tertiary/aromatic N) is 4. The highest BCUT2D eigenvalue weighted by molar-refractivity contribution is 7.89. The Bertz CT molecular complexity index is 1550. The minimum absolute atomic E-state index is 0.247. The van der Waals surface area contributed by atoms with Crippen LogP contribution < -0.4 is 4.72 Å². The van der Waals surface area contributed by atoms with Crippen molar-refractivity contribution < 1.29 is 8.42 Å². The summed E-state index contributed by atoms with van der Waals surface area (Å²) < 4.78 is 30.2. The van der Waals surface area contributed by atoms with Gasteiger partial charge in [0.2, 0.25) is 10.0 Å². The Hall–Kier alpha value is -2.82. The van der Waals surface area contributed by atoms with Gasteiger partial charge in [-0.15, -0.1) is 11.3 Å². The third-order valence-electron chi connectivity index (χ3n) is 7.25. The summed E-state index contributed by atoms with van der Waals surface area (Å²) in [5, 5.41) is 5.67. The van der Waals surface area contributed by atoms with Crippen LogP contribution in [-0.2, 0) is 29.5 Å². The Morgan fingerprint density at radius 1 is 1.00 bits per heavy atom. The van der Waals surface area contributed by atoms with E-state index < -0.39 is 10.0 Å². The fourth-order valence-corrected chi connectivity index (χ4v) is 7.28. The minimum Gasteiger partial charge on any atom is -0.304 e. The number of thiophene rings is 1. The normalized spacial score (nSPS) is 16.2. The van der Waals surface area contributed by atoms with Crippen molar-refractivity contribution in [3.05, 3.63) is 87.9 Å². The summed E-state index contributed by atoms with van der Waals surface area (Å²) in [5.41, 5.74) is 7.27. The molecule has 0 unspecified atom stereocenters. The van der Waals surface area contributed by atoms with Crippen molar-refractivity contribution in [3.8, 4) is 16.3 Å². The molecule has 192 valence electrons. The molecule has 3 heterocycles. The second-order valence-electron chi connectivity index (χ2n) is 10.1. The van der Waals surface area contributed by atoms with Gasteiger partial charge < -0.3 is 4.90 Å². The van der Waals surface area contributed by atoms with E-state index >= 15 is 0 Å². The number of piperazine rings is 1. The molecule has 1 saturated heterocycles. The highest BCUT2D eigenvalue weighted by Gasteiger charge is 2.25. The second kappa shape index (κ2) is 9.81. The van der Waals surface area contributed by atoms with Crippen molar-refractivity contribution >= 4 is 21.4 Å². The van der Waals surface area contributed by atoms with Crippen LogP contribution in [0.4, 0.5) is 0 Å². The zero-order valence-corrected chi connectivity index (χ0v) is 22.8. The van der Waals surface area contributed by atoms with Crippen LogP contribution in [0, 0.1) is 6.92 Å². The number of sulfonamides is 1. The quantitative estimate of drug-likeness (QED) is 0.342. The Balaban J connectivity index is 1.17. The minimum atomic E-state index is -3.56. The van der Waals surface area contributed by atoms with Crippen molar-refractivity contribution in [1.82, 2.24) is 24.3 Å². The number of aryl methyl sites for hydroxylation is 1. The van der Waals surface area contributed by atoms with Gasteiger partial charge in [-0.05, 0) is 54.9 Å². The first-order valence-corrected chi connectivity index (χ1v) is 14.9. The summed E-state index contributed by atoms with van der Waals surface area (Å²) in [4.78, 5) is 6.15. The Morgan fingerprint density at radius 2 is 1.84 bits per heavy atom. The molecule has 0 spiro atoms. The molecule has 1 aliphatic carbocycles. The molecule has 2 aromatic heterocycles. The number of rotatable bonds is 7. The zero-order chi connectivity index (χ0) is 25.6. The number of hydrogen-bond acceptors (Lipinski definition) is 6. The largest absolute Gasteiger partial charge is 0.304 e. The highest BCUT2D eigenvalue weighted by atomic mass is 32.2. The van der Waals surface area contributed by atoms with Crippen LogP contribution in [0.3, 0.4) is 0 Å². The average Bonchev–Trinajstić information content (AvgIpc) is 3.59. The number of fused-ring (bicyclic) bond motifs is 3. The average molecular weight is 534 g/mol. The summed E-state index contributed by atoms with van der Waals surface area (Å²) in [6, 6.07) is 17.8. The first-order chi connectivity index (χ1) is 17.9. The molecule has 0 atom stereocenters. The van der Waals surface area contributed by atoms with Gasteiger partial charge in [0.25, 0.3) is 0 Å². The van der Waals surface area contributed by atoms with E-state index in [0.29, 0.717) is 0 Å². The molecule has 2 aromatic carbocycles. The molecular formula is C28H31N5O2S2. The van der Waals surface area contributed by atoms with Crippen LogP contribution in [0.15, 0.2) is 65.7 Å². The molecule has 1 fully saturated rings. The molecule has 0 amide bonds. The Labute approximate surface area is 222 Å². The molecule has 0 radical (unpaired) electrons. The third-order valence-corrected chi connectivity index (χ3v) is 9.70. The maximum atomic E-state index is 12.7. The summed E-state index contributed by atoms with van der Waals surface area (Å²) in [5.74, 6) is 0. The fourth-order valence-electron chi connectivity index (χ4n) is 5.17. The van der Waals surface area contributed by atoms with E-state index in [1.54, 1.807) is 29.5 Å². The molecule has 1 N–H and O–H groups in total. The first kappa shape index (κ1) is 24.5.